The van der Waals surface area contributed by atoms with Gasteiger partial charge in [0.25, 0.3) is 0 Å². The molecular formula is C14H19BrN2O2. The van der Waals surface area contributed by atoms with Gasteiger partial charge in [0, 0.05) is 11.0 Å². The Balaban J connectivity index is 2.20. The van der Waals surface area contributed by atoms with E-state index in [0.29, 0.717) is 10.2 Å². The molecule has 1 aliphatic heterocycles. The molecule has 0 unspecified atom stereocenters. The molecule has 0 atom stereocenters. The lowest BCUT2D eigenvalue weighted by atomic mass is 10.1. The number of halogens is 1. The van der Waals surface area contributed by atoms with E-state index in [1.54, 1.807) is 12.1 Å². The first-order valence-corrected chi connectivity index (χ1v) is 7.41. The zero-order chi connectivity index (χ0) is 13.8. The molecule has 0 radical (unpaired) electrons. The summed E-state index contributed by atoms with van der Waals surface area (Å²) < 4.78 is 0.664. The van der Waals surface area contributed by atoms with Gasteiger partial charge in [-0.15, -0.1) is 0 Å². The van der Waals surface area contributed by atoms with E-state index < -0.39 is 5.97 Å². The number of hydrogen-bond acceptors (Lipinski definition) is 3. The van der Waals surface area contributed by atoms with Crippen molar-refractivity contribution in [1.29, 1.82) is 0 Å². The van der Waals surface area contributed by atoms with Crippen LogP contribution in [0.15, 0.2) is 16.6 Å². The molecule has 1 heterocycles. The first kappa shape index (κ1) is 14.3. The Morgan fingerprint density at radius 2 is 1.89 bits per heavy atom. The lowest BCUT2D eigenvalue weighted by molar-refractivity contribution is 0.0696. The highest BCUT2D eigenvalue weighted by atomic mass is 79.9. The minimum atomic E-state index is -0.919. The smallest absolute Gasteiger partial charge is 0.335 e. The molecule has 2 rings (SSSR count). The summed E-state index contributed by atoms with van der Waals surface area (Å²) >= 11 is 3.34. The number of carboxylic acid groups (broad SMARTS) is 1. The monoisotopic (exact) mass is 326 g/mol. The summed E-state index contributed by atoms with van der Waals surface area (Å²) in [5.41, 5.74) is 7.87. The van der Waals surface area contributed by atoms with Crippen molar-refractivity contribution >= 4 is 27.6 Å². The molecule has 4 nitrogen and oxygen atoms in total. The third-order valence-electron chi connectivity index (χ3n) is 3.55. The van der Waals surface area contributed by atoms with Crippen molar-refractivity contribution in [3.63, 3.8) is 0 Å². The number of carboxylic acids is 1. The molecule has 1 aromatic rings. The van der Waals surface area contributed by atoms with Crippen LogP contribution in [-0.2, 0) is 6.54 Å². The highest BCUT2D eigenvalue weighted by Gasteiger charge is 2.15. The molecule has 1 fully saturated rings. The molecule has 0 bridgehead atoms. The van der Waals surface area contributed by atoms with Gasteiger partial charge in [-0.2, -0.15) is 0 Å². The van der Waals surface area contributed by atoms with Gasteiger partial charge in [-0.25, -0.2) is 4.79 Å². The van der Waals surface area contributed by atoms with Gasteiger partial charge in [-0.05, 0) is 59.6 Å². The molecule has 19 heavy (non-hydrogen) atoms. The average molecular weight is 327 g/mol. The maximum atomic E-state index is 11.1. The minimum Gasteiger partial charge on any atom is -0.478 e. The molecule has 0 amide bonds. The fourth-order valence-electron chi connectivity index (χ4n) is 2.46. The number of nitrogens with zero attached hydrogens (tertiary/aromatic N) is 1. The quantitative estimate of drug-likeness (QED) is 0.837. The number of nitrogen functional groups attached to an aromatic ring is 1. The van der Waals surface area contributed by atoms with E-state index in [4.69, 9.17) is 10.8 Å². The van der Waals surface area contributed by atoms with Crippen LogP contribution >= 0.6 is 15.9 Å². The van der Waals surface area contributed by atoms with Gasteiger partial charge in [0.2, 0.25) is 0 Å². The minimum absolute atomic E-state index is 0.283. The maximum Gasteiger partial charge on any atom is 0.335 e. The summed E-state index contributed by atoms with van der Waals surface area (Å²) in [5, 5.41) is 9.10. The molecule has 3 N–H and O–H groups in total. The summed E-state index contributed by atoms with van der Waals surface area (Å²) in [6.45, 7) is 2.86. The molecule has 1 aliphatic rings. The molecule has 0 aromatic heterocycles. The van der Waals surface area contributed by atoms with Crippen LogP contribution in [0.2, 0.25) is 0 Å². The number of nitrogens with two attached hydrogens (primary N) is 1. The second kappa shape index (κ2) is 6.39. The van der Waals surface area contributed by atoms with Crippen molar-refractivity contribution in [2.45, 2.75) is 32.2 Å². The van der Waals surface area contributed by atoms with Gasteiger partial charge >= 0.3 is 5.97 Å². The highest BCUT2D eigenvalue weighted by Crippen LogP contribution is 2.27. The van der Waals surface area contributed by atoms with Crippen molar-refractivity contribution < 1.29 is 9.90 Å². The molecule has 5 heteroatoms. The standard InChI is InChI=1S/C14H19BrN2O2/c15-12-8-10(14(18)19)7-11(13(12)16)9-17-5-3-1-2-4-6-17/h7-8H,1-6,9,16H2,(H,18,19). The van der Waals surface area contributed by atoms with Gasteiger partial charge in [0.1, 0.15) is 0 Å². The predicted octanol–water partition coefficient (Wildman–Crippen LogP) is 3.11. The van der Waals surface area contributed by atoms with Crippen molar-refractivity contribution in [1.82, 2.24) is 4.90 Å². The number of hydrogen-bond donors (Lipinski definition) is 2. The van der Waals surface area contributed by atoms with Crippen molar-refractivity contribution in [3.8, 4) is 0 Å². The van der Waals surface area contributed by atoms with E-state index in [2.05, 4.69) is 20.8 Å². The topological polar surface area (TPSA) is 66.6 Å². The van der Waals surface area contributed by atoms with Crippen LogP contribution in [0.3, 0.4) is 0 Å². The van der Waals surface area contributed by atoms with Crippen molar-refractivity contribution in [3.05, 3.63) is 27.7 Å². The Bertz CT molecular complexity index is 469. The summed E-state index contributed by atoms with van der Waals surface area (Å²) in [5.74, 6) is -0.919. The van der Waals surface area contributed by atoms with Gasteiger partial charge in [0.15, 0.2) is 0 Å². The summed E-state index contributed by atoms with van der Waals surface area (Å²) in [4.78, 5) is 13.4. The fourth-order valence-corrected chi connectivity index (χ4v) is 2.97. The van der Waals surface area contributed by atoms with E-state index in [-0.39, 0.29) is 5.56 Å². The molecule has 1 saturated heterocycles. The van der Waals surface area contributed by atoms with Crippen LogP contribution in [0, 0.1) is 0 Å². The summed E-state index contributed by atoms with van der Waals surface area (Å²) in [6.07, 6.45) is 4.98. The van der Waals surface area contributed by atoms with Crippen molar-refractivity contribution in [2.24, 2.45) is 0 Å². The number of anilines is 1. The Morgan fingerprint density at radius 1 is 1.26 bits per heavy atom. The molecule has 1 aromatic carbocycles. The zero-order valence-electron chi connectivity index (χ0n) is 10.9. The third-order valence-corrected chi connectivity index (χ3v) is 4.21. The van der Waals surface area contributed by atoms with Gasteiger partial charge in [0.05, 0.1) is 11.3 Å². The highest BCUT2D eigenvalue weighted by molar-refractivity contribution is 9.10. The average Bonchev–Trinajstić information content (AvgIpc) is 2.63. The fraction of sp³-hybridized carbons (Fsp3) is 0.500. The lowest BCUT2D eigenvalue weighted by Gasteiger charge is -2.21. The number of likely N-dealkylation sites (tertiary alicyclic amines) is 1. The van der Waals surface area contributed by atoms with Crippen LogP contribution in [0.25, 0.3) is 0 Å². The van der Waals surface area contributed by atoms with Crippen molar-refractivity contribution in [2.75, 3.05) is 18.8 Å². The normalized spacial score (nSPS) is 17.1. The Labute approximate surface area is 121 Å². The first-order chi connectivity index (χ1) is 9.08. The van der Waals surface area contributed by atoms with E-state index in [0.717, 1.165) is 25.2 Å². The van der Waals surface area contributed by atoms with E-state index in [1.807, 2.05) is 0 Å². The second-order valence-electron chi connectivity index (χ2n) is 5.03. The van der Waals surface area contributed by atoms with Gasteiger partial charge in [-0.3, -0.25) is 4.90 Å². The SMILES string of the molecule is Nc1c(Br)cc(C(=O)O)cc1CN1CCCCCC1. The van der Waals surface area contributed by atoms with Gasteiger partial charge < -0.3 is 10.8 Å². The van der Waals surface area contributed by atoms with Gasteiger partial charge in [-0.1, -0.05) is 12.8 Å². The molecule has 0 aliphatic carbocycles. The lowest BCUT2D eigenvalue weighted by Crippen LogP contribution is -2.24. The molecule has 0 saturated carbocycles. The van der Waals surface area contributed by atoms with Crippen LogP contribution in [0.5, 0.6) is 0 Å². The number of carbonyl (C=O) groups is 1. The predicted molar refractivity (Wildman–Crippen MR) is 79.3 cm³/mol. The molecular weight excluding hydrogens is 308 g/mol. The Morgan fingerprint density at radius 3 is 2.47 bits per heavy atom. The summed E-state index contributed by atoms with van der Waals surface area (Å²) in [7, 11) is 0. The van der Waals surface area contributed by atoms with Crippen LogP contribution in [0.4, 0.5) is 5.69 Å². The van der Waals surface area contributed by atoms with Crippen LogP contribution in [-0.4, -0.2) is 29.1 Å². The number of aromatic carboxylic acids is 1. The molecule has 104 valence electrons. The van der Waals surface area contributed by atoms with E-state index in [1.165, 1.54) is 25.7 Å². The van der Waals surface area contributed by atoms with Crippen LogP contribution in [0.1, 0.15) is 41.6 Å². The maximum absolute atomic E-state index is 11.1. The first-order valence-electron chi connectivity index (χ1n) is 6.61. The summed E-state index contributed by atoms with van der Waals surface area (Å²) in [6, 6.07) is 3.25. The Kier molecular flexibility index (Phi) is 4.82. The van der Waals surface area contributed by atoms with E-state index >= 15 is 0 Å². The third kappa shape index (κ3) is 3.70. The molecule has 0 spiro atoms. The van der Waals surface area contributed by atoms with Crippen LogP contribution < -0.4 is 5.73 Å². The largest absolute Gasteiger partial charge is 0.478 e. The Hall–Kier alpha value is -1.07. The second-order valence-corrected chi connectivity index (χ2v) is 5.88. The van der Waals surface area contributed by atoms with E-state index in [9.17, 15) is 4.79 Å². The number of benzene rings is 1. The number of rotatable bonds is 3. The zero-order valence-corrected chi connectivity index (χ0v) is 12.4.